The maximum absolute atomic E-state index is 5.68. The monoisotopic (exact) mass is 308 g/mol. The van der Waals surface area contributed by atoms with Crippen molar-refractivity contribution in [1.82, 2.24) is 0 Å². The van der Waals surface area contributed by atoms with Gasteiger partial charge in [0.15, 0.2) is 0 Å². The first-order valence-electron chi connectivity index (χ1n) is 7.49. The highest BCUT2D eigenvalue weighted by molar-refractivity contribution is 6.18. The SMILES string of the molecule is Cc1cc(OCCOCCC(C)C)ccc1C#CCCCl. The minimum absolute atomic E-state index is 0.573. The Balaban J connectivity index is 2.34. The Morgan fingerprint density at radius 1 is 1.19 bits per heavy atom. The summed E-state index contributed by atoms with van der Waals surface area (Å²) in [4.78, 5) is 0. The summed E-state index contributed by atoms with van der Waals surface area (Å²) in [7, 11) is 0. The number of hydrogen-bond donors (Lipinski definition) is 0. The molecular formula is C18H25ClO2. The highest BCUT2D eigenvalue weighted by Gasteiger charge is 1.99. The number of benzene rings is 1. The van der Waals surface area contributed by atoms with Gasteiger partial charge in [0.05, 0.1) is 6.61 Å². The molecule has 0 saturated heterocycles. The first-order chi connectivity index (χ1) is 10.1. The van der Waals surface area contributed by atoms with Gasteiger partial charge in [0.25, 0.3) is 0 Å². The van der Waals surface area contributed by atoms with E-state index in [9.17, 15) is 0 Å². The van der Waals surface area contributed by atoms with E-state index in [1.807, 2.05) is 25.1 Å². The molecule has 0 aromatic heterocycles. The third kappa shape index (κ3) is 7.99. The van der Waals surface area contributed by atoms with Crippen LogP contribution in [0.15, 0.2) is 18.2 Å². The molecule has 3 heteroatoms. The summed E-state index contributed by atoms with van der Waals surface area (Å²) >= 11 is 5.61. The molecule has 1 aromatic carbocycles. The summed E-state index contributed by atoms with van der Waals surface area (Å²) in [5, 5.41) is 0. The predicted octanol–water partition coefficient (Wildman–Crippen LogP) is 4.42. The van der Waals surface area contributed by atoms with Gasteiger partial charge < -0.3 is 9.47 Å². The Labute approximate surface area is 133 Å². The second kappa shape index (κ2) is 10.5. The molecule has 0 spiro atoms. The van der Waals surface area contributed by atoms with Gasteiger partial charge in [-0.3, -0.25) is 0 Å². The zero-order chi connectivity index (χ0) is 15.5. The lowest BCUT2D eigenvalue weighted by Crippen LogP contribution is -2.08. The molecule has 0 aliphatic heterocycles. The van der Waals surface area contributed by atoms with Crippen molar-refractivity contribution in [2.45, 2.75) is 33.6 Å². The minimum atomic E-state index is 0.573. The standard InChI is InChI=1S/C18H25ClO2/c1-15(2)9-11-20-12-13-21-18-8-7-17(16(3)14-18)6-4-5-10-19/h7-8,14-15H,5,9-13H2,1-3H3. The average Bonchev–Trinajstić information content (AvgIpc) is 2.45. The lowest BCUT2D eigenvalue weighted by Gasteiger charge is -2.09. The third-order valence-corrected chi connectivity index (χ3v) is 3.17. The van der Waals surface area contributed by atoms with Gasteiger partial charge in [-0.1, -0.05) is 25.7 Å². The van der Waals surface area contributed by atoms with E-state index < -0.39 is 0 Å². The molecule has 1 aromatic rings. The van der Waals surface area contributed by atoms with E-state index in [0.29, 0.717) is 31.4 Å². The first-order valence-corrected chi connectivity index (χ1v) is 8.03. The molecule has 0 radical (unpaired) electrons. The van der Waals surface area contributed by atoms with Gasteiger partial charge >= 0.3 is 0 Å². The van der Waals surface area contributed by atoms with E-state index in [2.05, 4.69) is 25.7 Å². The van der Waals surface area contributed by atoms with Crippen LogP contribution in [0.5, 0.6) is 5.75 Å². The Morgan fingerprint density at radius 2 is 2.00 bits per heavy atom. The number of hydrogen-bond acceptors (Lipinski definition) is 2. The summed E-state index contributed by atoms with van der Waals surface area (Å²) in [5.74, 6) is 8.28. The van der Waals surface area contributed by atoms with E-state index in [4.69, 9.17) is 21.1 Å². The molecule has 0 heterocycles. The molecule has 0 amide bonds. The molecule has 0 fully saturated rings. The molecule has 0 bridgehead atoms. The Morgan fingerprint density at radius 3 is 2.67 bits per heavy atom. The molecule has 0 atom stereocenters. The normalized spacial score (nSPS) is 10.3. The molecule has 0 unspecified atom stereocenters. The summed E-state index contributed by atoms with van der Waals surface area (Å²) in [6, 6.07) is 5.95. The molecular weight excluding hydrogens is 284 g/mol. The highest BCUT2D eigenvalue weighted by atomic mass is 35.5. The fraction of sp³-hybridized carbons (Fsp3) is 0.556. The summed E-state index contributed by atoms with van der Waals surface area (Å²) in [6.07, 6.45) is 1.81. The Bertz CT molecular complexity index is 472. The molecule has 0 N–H and O–H groups in total. The van der Waals surface area contributed by atoms with E-state index in [0.717, 1.165) is 29.9 Å². The van der Waals surface area contributed by atoms with Crippen LogP contribution in [0.2, 0.25) is 0 Å². The van der Waals surface area contributed by atoms with Crippen molar-refractivity contribution in [3.05, 3.63) is 29.3 Å². The fourth-order valence-corrected chi connectivity index (χ4v) is 1.81. The van der Waals surface area contributed by atoms with Gasteiger partial charge in [0.2, 0.25) is 0 Å². The smallest absolute Gasteiger partial charge is 0.119 e. The Hall–Kier alpha value is -1.17. The number of alkyl halides is 1. The zero-order valence-electron chi connectivity index (χ0n) is 13.2. The maximum atomic E-state index is 5.68. The van der Waals surface area contributed by atoms with Gasteiger partial charge in [-0.25, -0.2) is 0 Å². The maximum Gasteiger partial charge on any atom is 0.119 e. The van der Waals surface area contributed by atoms with Crippen LogP contribution in [0.25, 0.3) is 0 Å². The van der Waals surface area contributed by atoms with Crippen LogP contribution in [0, 0.1) is 24.7 Å². The molecule has 0 saturated carbocycles. The number of halogens is 1. The van der Waals surface area contributed by atoms with Crippen LogP contribution in [0.1, 0.15) is 37.8 Å². The highest BCUT2D eigenvalue weighted by Crippen LogP contribution is 2.16. The van der Waals surface area contributed by atoms with Crippen molar-refractivity contribution in [2.75, 3.05) is 25.7 Å². The van der Waals surface area contributed by atoms with Crippen molar-refractivity contribution < 1.29 is 9.47 Å². The quantitative estimate of drug-likeness (QED) is 0.402. The number of ether oxygens (including phenoxy) is 2. The van der Waals surface area contributed by atoms with Crippen molar-refractivity contribution in [3.63, 3.8) is 0 Å². The van der Waals surface area contributed by atoms with Crippen LogP contribution >= 0.6 is 11.6 Å². The van der Waals surface area contributed by atoms with Crippen LogP contribution in [0.3, 0.4) is 0 Å². The second-order valence-corrected chi connectivity index (χ2v) is 5.74. The molecule has 0 aliphatic rings. The molecule has 1 rings (SSSR count). The van der Waals surface area contributed by atoms with E-state index in [-0.39, 0.29) is 0 Å². The zero-order valence-corrected chi connectivity index (χ0v) is 14.0. The third-order valence-electron chi connectivity index (χ3n) is 2.98. The second-order valence-electron chi connectivity index (χ2n) is 5.36. The summed E-state index contributed by atoms with van der Waals surface area (Å²) in [6.45, 7) is 8.43. The van der Waals surface area contributed by atoms with E-state index in [1.54, 1.807) is 0 Å². The number of rotatable bonds is 8. The van der Waals surface area contributed by atoms with Gasteiger partial charge in [0.1, 0.15) is 12.4 Å². The Kier molecular flexibility index (Phi) is 8.98. The van der Waals surface area contributed by atoms with Gasteiger partial charge in [0, 0.05) is 24.5 Å². The van der Waals surface area contributed by atoms with Gasteiger partial charge in [-0.2, -0.15) is 0 Å². The molecule has 2 nitrogen and oxygen atoms in total. The van der Waals surface area contributed by atoms with Crippen molar-refractivity contribution in [2.24, 2.45) is 5.92 Å². The van der Waals surface area contributed by atoms with Crippen LogP contribution in [-0.4, -0.2) is 25.7 Å². The first kappa shape index (κ1) is 17.9. The van der Waals surface area contributed by atoms with Crippen LogP contribution in [-0.2, 0) is 4.74 Å². The van der Waals surface area contributed by atoms with Gasteiger partial charge in [-0.15, -0.1) is 11.6 Å². The lowest BCUT2D eigenvalue weighted by molar-refractivity contribution is 0.0925. The summed E-state index contributed by atoms with van der Waals surface area (Å²) in [5.41, 5.74) is 2.15. The van der Waals surface area contributed by atoms with E-state index in [1.165, 1.54) is 0 Å². The lowest BCUT2D eigenvalue weighted by atomic mass is 10.1. The van der Waals surface area contributed by atoms with Crippen LogP contribution < -0.4 is 4.74 Å². The summed E-state index contributed by atoms with van der Waals surface area (Å²) < 4.78 is 11.2. The number of aryl methyl sites for hydroxylation is 1. The largest absolute Gasteiger partial charge is 0.491 e. The minimum Gasteiger partial charge on any atom is -0.491 e. The van der Waals surface area contributed by atoms with Crippen molar-refractivity contribution in [3.8, 4) is 17.6 Å². The fourth-order valence-electron chi connectivity index (χ4n) is 1.71. The topological polar surface area (TPSA) is 18.5 Å². The van der Waals surface area contributed by atoms with E-state index >= 15 is 0 Å². The average molecular weight is 309 g/mol. The predicted molar refractivity (Wildman–Crippen MR) is 89.2 cm³/mol. The van der Waals surface area contributed by atoms with Crippen molar-refractivity contribution in [1.29, 1.82) is 0 Å². The molecule has 0 aliphatic carbocycles. The van der Waals surface area contributed by atoms with Crippen molar-refractivity contribution >= 4 is 11.6 Å². The van der Waals surface area contributed by atoms with Gasteiger partial charge in [-0.05, 0) is 43.0 Å². The van der Waals surface area contributed by atoms with Crippen LogP contribution in [0.4, 0.5) is 0 Å². The molecule has 116 valence electrons. The molecule has 21 heavy (non-hydrogen) atoms.